The predicted octanol–water partition coefficient (Wildman–Crippen LogP) is 12.1. The molecule has 31 heteroatoms. The van der Waals surface area contributed by atoms with Crippen molar-refractivity contribution in [2.75, 3.05) is 45.1 Å². The number of fused-ring (bicyclic) bond motifs is 4. The maximum atomic E-state index is 14.5. The Bertz CT molecular complexity index is 4430. The minimum Gasteiger partial charge on any atom is -0.497 e. The molecule has 0 saturated carbocycles. The zero-order chi connectivity index (χ0) is 82.2. The first-order valence-electron chi connectivity index (χ1n) is 38.2. The summed E-state index contributed by atoms with van der Waals surface area (Å²) in [4.78, 5) is 139. The fraction of sp³-hybridized carbons (Fsp3) is 0.556. The lowest BCUT2D eigenvalue weighted by molar-refractivity contribution is -0.153. The van der Waals surface area contributed by atoms with Gasteiger partial charge in [0.1, 0.15) is 75.5 Å². The molecule has 0 bridgehead atoms. The molecule has 0 radical (unpaired) electrons. The third-order valence-corrected chi connectivity index (χ3v) is 21.1. The second kappa shape index (κ2) is 38.6. The van der Waals surface area contributed by atoms with Gasteiger partial charge in [0.05, 0.1) is 62.1 Å². The van der Waals surface area contributed by atoms with Crippen molar-refractivity contribution in [3.05, 3.63) is 93.8 Å². The van der Waals surface area contributed by atoms with E-state index in [1.54, 1.807) is 106 Å². The molecule has 10 rings (SSSR count). The second-order valence-electron chi connectivity index (χ2n) is 31.7. The number of alkyl carbamates (subject to hydrolysis) is 2. The number of aliphatic hydroxyl groups is 1. The Morgan fingerprint density at radius 3 is 1.64 bits per heavy atom. The molecule has 6 amide bonds. The molecule has 2 saturated heterocycles. The van der Waals surface area contributed by atoms with E-state index in [1.165, 1.54) is 46.5 Å². The number of benzene rings is 2. The summed E-state index contributed by atoms with van der Waals surface area (Å²) in [6.07, 6.45) is 11.4. The quantitative estimate of drug-likeness (QED) is 0.0278. The fourth-order valence-electron chi connectivity index (χ4n) is 13.3. The molecule has 4 aliphatic heterocycles. The van der Waals surface area contributed by atoms with E-state index in [0.29, 0.717) is 88.8 Å². The number of thiazole rings is 2. The van der Waals surface area contributed by atoms with Crippen LogP contribution >= 0.6 is 22.7 Å². The molecule has 610 valence electrons. The molecule has 4 aliphatic rings. The topological polar surface area (TPSA) is 383 Å². The molecule has 0 aliphatic carbocycles. The van der Waals surface area contributed by atoms with Crippen molar-refractivity contribution >= 4 is 102 Å². The number of H-pyrrole nitrogens is 1. The Labute approximate surface area is 662 Å². The van der Waals surface area contributed by atoms with E-state index in [1.807, 2.05) is 68.0 Å². The number of aromatic nitrogens is 4. The van der Waals surface area contributed by atoms with Crippen LogP contribution in [0.3, 0.4) is 0 Å². The van der Waals surface area contributed by atoms with Crippen LogP contribution in [0.2, 0.25) is 0 Å². The highest BCUT2D eigenvalue weighted by Crippen LogP contribution is 2.37. The number of rotatable bonds is 14. The molecular weight excluding hydrogens is 1480 g/mol. The van der Waals surface area contributed by atoms with Crippen LogP contribution in [0.4, 0.5) is 19.9 Å². The van der Waals surface area contributed by atoms with E-state index in [9.17, 15) is 53.4 Å². The van der Waals surface area contributed by atoms with Crippen molar-refractivity contribution in [3.8, 4) is 40.0 Å². The number of amides is 6. The molecule has 29 nitrogen and oxygen atoms in total. The highest BCUT2D eigenvalue weighted by Gasteiger charge is 2.49. The zero-order valence-corrected chi connectivity index (χ0v) is 69.0. The minimum atomic E-state index is -1.67. The Morgan fingerprint density at radius 1 is 0.616 bits per heavy atom. The Balaban J connectivity index is 0.000000234. The van der Waals surface area contributed by atoms with Gasteiger partial charge >= 0.3 is 24.1 Å². The maximum absolute atomic E-state index is 14.5. The lowest BCUT2D eigenvalue weighted by Gasteiger charge is -2.35. The van der Waals surface area contributed by atoms with E-state index in [0.717, 1.165) is 53.6 Å². The molecule has 2 fully saturated rings. The van der Waals surface area contributed by atoms with Crippen molar-refractivity contribution in [2.45, 2.75) is 245 Å². The average molecular weight is 1590 g/mol. The summed E-state index contributed by atoms with van der Waals surface area (Å²) < 4.78 is 33.2. The fourth-order valence-corrected chi connectivity index (χ4v) is 15.0. The van der Waals surface area contributed by atoms with E-state index in [2.05, 4.69) is 55.7 Å². The van der Waals surface area contributed by atoms with Gasteiger partial charge < -0.3 is 85.3 Å². The molecule has 4 aromatic heterocycles. The first-order valence-corrected chi connectivity index (χ1v) is 40.0. The molecule has 2 aromatic carbocycles. The number of pyridine rings is 2. The number of carbonyl (C=O) groups excluding carboxylic acids is 7. The van der Waals surface area contributed by atoms with E-state index < -0.39 is 112 Å². The Morgan fingerprint density at radius 2 is 1.12 bits per heavy atom. The molecule has 0 spiro atoms. The summed E-state index contributed by atoms with van der Waals surface area (Å²) in [6.45, 7) is 25.2. The van der Waals surface area contributed by atoms with Gasteiger partial charge in [-0.05, 0) is 146 Å². The molecule has 10 atom stereocenters. The van der Waals surface area contributed by atoms with Crippen molar-refractivity contribution in [1.82, 2.24) is 51.0 Å². The van der Waals surface area contributed by atoms with E-state index >= 15 is 0 Å². The second-order valence-corrected chi connectivity index (χ2v) is 33.4. The van der Waals surface area contributed by atoms with E-state index in [4.69, 9.17) is 38.4 Å². The number of aromatic amines is 1. The van der Waals surface area contributed by atoms with Gasteiger partial charge in [-0.25, -0.2) is 34.1 Å². The number of hydrogen-bond acceptors (Lipinski definition) is 23. The SMILES string of the molecule is COC(=O)[C@]1(C)NC(=O)[C@@H]2C[C@H](O)CN2C(=O)[C@@H](NC(=O)OC(C)(C)C)CCCCC/C=C\C1C.COc1ccc2c(=O)cc(-c3csc(NC(C)C)n3)[nH]c2c1.COc1ccc2c(O[C@@H]3C[C@H]4C(=O)N[C@@](C)(C(=O)O)C(C)/C=C\CCCCC[C@H](NC(=O)OC(C)(C)C)C(=O)N4C3)cc(-c3csc(NC(C)C)n3)nc2c1. The number of ether oxygens (including phenoxy) is 6. The number of aliphatic carboxylic acids is 1. The summed E-state index contributed by atoms with van der Waals surface area (Å²) in [5.74, 6) is -3.09. The number of nitrogens with one attached hydrogen (secondary N) is 7. The van der Waals surface area contributed by atoms with Crippen molar-refractivity contribution in [2.24, 2.45) is 11.8 Å². The van der Waals surface area contributed by atoms with Crippen LogP contribution in [-0.2, 0) is 43.0 Å². The molecule has 9 N–H and O–H groups in total. The van der Waals surface area contributed by atoms with Crippen LogP contribution in [0.25, 0.3) is 44.6 Å². The van der Waals surface area contributed by atoms with Crippen LogP contribution in [0.15, 0.2) is 88.4 Å². The van der Waals surface area contributed by atoms with Crippen LogP contribution in [0.5, 0.6) is 17.2 Å². The first-order chi connectivity index (χ1) is 52.8. The van der Waals surface area contributed by atoms with Gasteiger partial charge in [-0.3, -0.25) is 24.0 Å². The zero-order valence-electron chi connectivity index (χ0n) is 67.3. The van der Waals surface area contributed by atoms with Gasteiger partial charge in [0.15, 0.2) is 15.7 Å². The number of anilines is 2. The lowest BCUT2D eigenvalue weighted by Crippen LogP contribution is -2.61. The van der Waals surface area contributed by atoms with Crippen molar-refractivity contribution in [3.63, 3.8) is 0 Å². The lowest BCUT2D eigenvalue weighted by atomic mass is 9.85. The summed E-state index contributed by atoms with van der Waals surface area (Å²) in [6, 6.07) is 10.7. The van der Waals surface area contributed by atoms with Crippen LogP contribution in [0.1, 0.15) is 174 Å². The molecule has 112 heavy (non-hydrogen) atoms. The number of allylic oxidation sites excluding steroid dienone is 2. The van der Waals surface area contributed by atoms with Crippen molar-refractivity contribution < 1.29 is 77.0 Å². The largest absolute Gasteiger partial charge is 0.497 e. The smallest absolute Gasteiger partial charge is 0.408 e. The van der Waals surface area contributed by atoms with Crippen LogP contribution in [0, 0.1) is 11.8 Å². The molecular formula is C81H112N12O17S2. The normalized spacial score (nSPS) is 24.2. The van der Waals surface area contributed by atoms with Gasteiger partial charge in [0, 0.05) is 89.1 Å². The number of hydrogen-bond donors (Lipinski definition) is 9. The summed E-state index contributed by atoms with van der Waals surface area (Å²) in [5, 5.41) is 45.0. The number of carbonyl (C=O) groups is 8. The summed E-state index contributed by atoms with van der Waals surface area (Å²) in [5.41, 5.74) is -0.579. The summed E-state index contributed by atoms with van der Waals surface area (Å²) in [7, 11) is 4.44. The van der Waals surface area contributed by atoms with E-state index in [-0.39, 0.29) is 43.3 Å². The predicted molar refractivity (Wildman–Crippen MR) is 432 cm³/mol. The standard InChI is InChI=1S/C40H54N6O8S.C25H41N3O7.C16H17N3O2S/c1-23(2)41-37-43-31(22-55-37)30-20-33(27-17-16-25(52-8)18-29(27)42-30)53-26-19-32-34(47)45-40(7,36(49)50)24(3)14-12-10-9-11-13-15-28(35(48)46(32)21-26)44-38(51)54-39(4,5)6;1-16-12-10-8-7-9-11-13-18(26-23(33)35-24(2,3)4)21(31)28-15-17(29)14-19(28)20(30)27-25(16,5)22(32)34-6;1-9(2)17-16-19-14(8-22-16)13-7-15(20)11-5-4-10(21-3)6-12(11)18-13/h12,14,16-18,20,22-24,26,28,32H,9-11,13,15,19,21H2,1-8H3,(H,41,43)(H,44,51)(H,45,47)(H,49,50);10,12,16-19,29H,7-9,11,13-15H2,1-6H3,(H,26,33)(H,27,30);4-9H,1-3H3,(H,17,19)(H,18,20)/b14-12-;12-10-;/t24?,26-,28+,32+,40-;16?,17-,18-,19-,25+;/m10./s1. The number of aliphatic hydroxyl groups excluding tert-OH is 1. The molecule has 6 aromatic rings. The number of esters is 1. The third-order valence-electron chi connectivity index (χ3n) is 19.6. The average Bonchev–Trinajstić information content (AvgIpc) is 1.65. The van der Waals surface area contributed by atoms with Gasteiger partial charge in [-0.15, -0.1) is 22.7 Å². The number of methoxy groups -OCH3 is 3. The van der Waals surface area contributed by atoms with Crippen molar-refractivity contribution in [1.29, 1.82) is 0 Å². The highest BCUT2D eigenvalue weighted by molar-refractivity contribution is 7.14. The molecule has 2 unspecified atom stereocenters. The highest BCUT2D eigenvalue weighted by atomic mass is 32.1. The number of nitrogens with zero attached hydrogens (tertiary/aromatic N) is 5. The Hall–Kier alpha value is -9.88. The van der Waals surface area contributed by atoms with Gasteiger partial charge in [-0.2, -0.15) is 0 Å². The third kappa shape index (κ3) is 23.6. The Kier molecular flexibility index (Phi) is 30.2. The van der Waals surface area contributed by atoms with Crippen LogP contribution < -0.4 is 51.5 Å². The minimum absolute atomic E-state index is 0.00285. The summed E-state index contributed by atoms with van der Waals surface area (Å²) >= 11 is 2.98. The number of carboxylic acids is 1. The number of carboxylic acid groups (broad SMARTS) is 1. The van der Waals surface area contributed by atoms with Gasteiger partial charge in [0.2, 0.25) is 23.6 Å². The maximum Gasteiger partial charge on any atom is 0.408 e. The first kappa shape index (κ1) is 87.7. The van der Waals surface area contributed by atoms with Gasteiger partial charge in [-0.1, -0.05) is 63.8 Å². The molecule has 8 heterocycles. The van der Waals surface area contributed by atoms with Crippen LogP contribution in [-0.4, -0.2) is 193 Å². The monoisotopic (exact) mass is 1590 g/mol. The van der Waals surface area contributed by atoms with Gasteiger partial charge in [0.25, 0.3) is 0 Å².